The third-order valence-corrected chi connectivity index (χ3v) is 4.52. The van der Waals surface area contributed by atoms with Crippen molar-refractivity contribution < 1.29 is 4.79 Å². The van der Waals surface area contributed by atoms with Gasteiger partial charge in [-0.15, -0.1) is 0 Å². The van der Waals surface area contributed by atoms with E-state index >= 15 is 0 Å². The molecule has 24 heavy (non-hydrogen) atoms. The Kier molecular flexibility index (Phi) is 4.35. The summed E-state index contributed by atoms with van der Waals surface area (Å²) in [6, 6.07) is 12.3. The molecule has 122 valence electrons. The lowest BCUT2D eigenvalue weighted by atomic mass is 10.2. The number of nitrogens with zero attached hydrogens (tertiary/aromatic N) is 1. The minimum atomic E-state index is -0.754. The molecule has 0 atom stereocenters. The van der Waals surface area contributed by atoms with Gasteiger partial charge in [-0.1, -0.05) is 28.1 Å². The zero-order valence-corrected chi connectivity index (χ0v) is 14.4. The van der Waals surface area contributed by atoms with Crippen molar-refractivity contribution in [2.24, 2.45) is 0 Å². The van der Waals surface area contributed by atoms with Crippen LogP contribution in [0.3, 0.4) is 0 Å². The number of nitrogens with one attached hydrogen (secondary N) is 2. The van der Waals surface area contributed by atoms with Gasteiger partial charge in [-0.05, 0) is 42.8 Å². The van der Waals surface area contributed by atoms with Gasteiger partial charge in [0, 0.05) is 10.2 Å². The van der Waals surface area contributed by atoms with Gasteiger partial charge >= 0.3 is 11.1 Å². The zero-order valence-electron chi connectivity index (χ0n) is 12.8. The number of carbonyl (C=O) groups is 1. The van der Waals surface area contributed by atoms with E-state index in [1.165, 1.54) is 4.57 Å². The quantitative estimate of drug-likeness (QED) is 0.676. The highest BCUT2D eigenvalue weighted by Crippen LogP contribution is 2.20. The number of hydrogen-bond acceptors (Lipinski definition) is 3. The summed E-state index contributed by atoms with van der Waals surface area (Å²) >= 11 is 3.40. The number of aromatic amines is 1. The maximum absolute atomic E-state index is 12.3. The molecule has 0 aliphatic rings. The molecule has 0 aliphatic heterocycles. The van der Waals surface area contributed by atoms with Crippen molar-refractivity contribution in [3.63, 3.8) is 0 Å². The second-order valence-corrected chi connectivity index (χ2v) is 6.23. The number of aryl methyl sites for hydroxylation is 1. The Labute approximate surface area is 145 Å². The normalized spacial score (nSPS) is 10.8. The SMILES string of the molecule is Cc1cc(NC(=O)Cn2c(=O)c(=O)[nH]c3ccccc32)ccc1Br. The average molecular weight is 388 g/mol. The number of amides is 1. The highest BCUT2D eigenvalue weighted by Gasteiger charge is 2.11. The van der Waals surface area contributed by atoms with Crippen LogP contribution in [0.2, 0.25) is 0 Å². The number of para-hydroxylation sites is 2. The number of H-pyrrole nitrogens is 1. The van der Waals surface area contributed by atoms with Crippen LogP contribution < -0.4 is 16.4 Å². The summed E-state index contributed by atoms with van der Waals surface area (Å²) < 4.78 is 2.12. The lowest BCUT2D eigenvalue weighted by Gasteiger charge is -2.11. The van der Waals surface area contributed by atoms with Crippen molar-refractivity contribution in [2.45, 2.75) is 13.5 Å². The van der Waals surface area contributed by atoms with Crippen LogP contribution in [0.1, 0.15) is 5.56 Å². The van der Waals surface area contributed by atoms with Gasteiger partial charge in [0.15, 0.2) is 0 Å². The van der Waals surface area contributed by atoms with E-state index in [0.717, 1.165) is 10.0 Å². The van der Waals surface area contributed by atoms with Gasteiger partial charge in [0.2, 0.25) is 5.91 Å². The standard InChI is InChI=1S/C17H14BrN3O3/c1-10-8-11(6-7-12(10)18)19-15(22)9-21-14-5-3-2-4-13(14)20-16(23)17(21)24/h2-8H,9H2,1H3,(H,19,22)(H,20,23). The van der Waals surface area contributed by atoms with Crippen molar-refractivity contribution in [1.82, 2.24) is 9.55 Å². The van der Waals surface area contributed by atoms with Gasteiger partial charge < -0.3 is 10.3 Å². The fraction of sp³-hybridized carbons (Fsp3) is 0.118. The Hall–Kier alpha value is -2.67. The number of anilines is 1. The fourth-order valence-electron chi connectivity index (χ4n) is 2.45. The lowest BCUT2D eigenvalue weighted by molar-refractivity contribution is -0.116. The Morgan fingerprint density at radius 3 is 2.71 bits per heavy atom. The molecule has 0 radical (unpaired) electrons. The first-order chi connectivity index (χ1) is 11.5. The second-order valence-electron chi connectivity index (χ2n) is 5.37. The molecule has 3 aromatic rings. The third-order valence-electron chi connectivity index (χ3n) is 3.63. The highest BCUT2D eigenvalue weighted by atomic mass is 79.9. The largest absolute Gasteiger partial charge is 0.325 e. The molecule has 7 heteroatoms. The Morgan fingerprint density at radius 1 is 1.21 bits per heavy atom. The lowest BCUT2D eigenvalue weighted by Crippen LogP contribution is -2.38. The molecule has 1 heterocycles. The number of halogens is 1. The van der Waals surface area contributed by atoms with Crippen LogP contribution in [-0.2, 0) is 11.3 Å². The van der Waals surface area contributed by atoms with Crippen LogP contribution >= 0.6 is 15.9 Å². The number of hydrogen-bond donors (Lipinski definition) is 2. The van der Waals surface area contributed by atoms with Gasteiger partial charge in [0.25, 0.3) is 0 Å². The van der Waals surface area contributed by atoms with Gasteiger partial charge in [-0.25, -0.2) is 0 Å². The maximum atomic E-state index is 12.3. The molecule has 1 amide bonds. The molecule has 0 unspecified atom stereocenters. The van der Waals surface area contributed by atoms with Crippen LogP contribution in [0.15, 0.2) is 56.5 Å². The molecular formula is C17H14BrN3O3. The van der Waals surface area contributed by atoms with E-state index in [-0.39, 0.29) is 12.5 Å². The molecule has 0 aliphatic carbocycles. The molecule has 2 N–H and O–H groups in total. The average Bonchev–Trinajstić information content (AvgIpc) is 2.55. The monoisotopic (exact) mass is 387 g/mol. The smallest absolute Gasteiger partial charge is 0.317 e. The molecule has 1 aromatic heterocycles. The summed E-state index contributed by atoms with van der Waals surface area (Å²) in [7, 11) is 0. The Morgan fingerprint density at radius 2 is 1.96 bits per heavy atom. The highest BCUT2D eigenvalue weighted by molar-refractivity contribution is 9.10. The third kappa shape index (κ3) is 3.16. The summed E-state index contributed by atoms with van der Waals surface area (Å²) in [6.07, 6.45) is 0. The van der Waals surface area contributed by atoms with E-state index in [4.69, 9.17) is 0 Å². The van der Waals surface area contributed by atoms with Gasteiger partial charge in [0.05, 0.1) is 11.0 Å². The van der Waals surface area contributed by atoms with Gasteiger partial charge in [0.1, 0.15) is 6.54 Å². The molecule has 3 rings (SSSR count). The van der Waals surface area contributed by atoms with E-state index in [9.17, 15) is 14.4 Å². The number of benzene rings is 2. The molecule has 0 saturated heterocycles. The predicted octanol–water partition coefficient (Wildman–Crippen LogP) is 2.40. The first-order valence-corrected chi connectivity index (χ1v) is 8.03. The number of aromatic nitrogens is 2. The number of rotatable bonds is 3. The van der Waals surface area contributed by atoms with Crippen molar-refractivity contribution in [3.8, 4) is 0 Å². The van der Waals surface area contributed by atoms with Crippen LogP contribution in [0.5, 0.6) is 0 Å². The van der Waals surface area contributed by atoms with Crippen LogP contribution in [0.4, 0.5) is 5.69 Å². The maximum Gasteiger partial charge on any atom is 0.317 e. The van der Waals surface area contributed by atoms with E-state index in [0.29, 0.717) is 16.7 Å². The van der Waals surface area contributed by atoms with E-state index in [1.807, 2.05) is 19.1 Å². The molecule has 6 nitrogen and oxygen atoms in total. The summed E-state index contributed by atoms with van der Waals surface area (Å²) in [5, 5.41) is 2.74. The van der Waals surface area contributed by atoms with Gasteiger partial charge in [-0.2, -0.15) is 0 Å². The van der Waals surface area contributed by atoms with Gasteiger partial charge in [-0.3, -0.25) is 19.0 Å². The van der Waals surface area contributed by atoms with Crippen molar-refractivity contribution in [3.05, 3.63) is 73.2 Å². The summed E-state index contributed by atoms with van der Waals surface area (Å²) in [5.74, 6) is -0.380. The van der Waals surface area contributed by atoms with Crippen LogP contribution in [0.25, 0.3) is 11.0 Å². The minimum Gasteiger partial charge on any atom is -0.325 e. The molecule has 2 aromatic carbocycles. The molecule has 0 bridgehead atoms. The number of fused-ring (bicyclic) bond motifs is 1. The first-order valence-electron chi connectivity index (χ1n) is 7.23. The fourth-order valence-corrected chi connectivity index (χ4v) is 2.69. The molecule has 0 spiro atoms. The van der Waals surface area contributed by atoms with Crippen molar-refractivity contribution >= 4 is 38.6 Å². The van der Waals surface area contributed by atoms with Crippen LogP contribution in [0, 0.1) is 6.92 Å². The summed E-state index contributed by atoms with van der Waals surface area (Å²) in [4.78, 5) is 38.7. The summed E-state index contributed by atoms with van der Waals surface area (Å²) in [5.41, 5.74) is 1.12. The Balaban J connectivity index is 1.93. The van der Waals surface area contributed by atoms with Crippen molar-refractivity contribution in [1.29, 1.82) is 0 Å². The molecule has 0 saturated carbocycles. The zero-order chi connectivity index (χ0) is 17.3. The van der Waals surface area contributed by atoms with Crippen LogP contribution in [-0.4, -0.2) is 15.5 Å². The second kappa shape index (κ2) is 6.45. The molecule has 0 fully saturated rings. The van der Waals surface area contributed by atoms with E-state index in [1.54, 1.807) is 30.3 Å². The molecular weight excluding hydrogens is 374 g/mol. The first kappa shape index (κ1) is 16.2. The topological polar surface area (TPSA) is 84.0 Å². The summed E-state index contributed by atoms with van der Waals surface area (Å²) in [6.45, 7) is 1.67. The number of carbonyl (C=O) groups excluding carboxylic acids is 1. The van der Waals surface area contributed by atoms with Crippen molar-refractivity contribution in [2.75, 3.05) is 5.32 Å². The van der Waals surface area contributed by atoms with E-state index < -0.39 is 11.1 Å². The minimum absolute atomic E-state index is 0.238. The predicted molar refractivity (Wildman–Crippen MR) is 96.3 cm³/mol. The van der Waals surface area contributed by atoms with E-state index in [2.05, 4.69) is 26.2 Å². The Bertz CT molecular complexity index is 1050.